The second kappa shape index (κ2) is 6.39. The van der Waals surface area contributed by atoms with Crippen LogP contribution in [0.15, 0.2) is 0 Å². The van der Waals surface area contributed by atoms with Gasteiger partial charge in [0.1, 0.15) is 5.78 Å². The normalized spacial score (nSPS) is 19.7. The maximum atomic E-state index is 11.7. The SMILES string of the molecule is CC(C)(C)[Si](C)(C)OCC1(CO[Si](C)(C)C(C)(C)C)CC(=O)C1. The molecular weight excluding hydrogens is 320 g/mol. The summed E-state index contributed by atoms with van der Waals surface area (Å²) in [7, 11) is -3.57. The fourth-order valence-electron chi connectivity index (χ4n) is 2.13. The van der Waals surface area contributed by atoms with Gasteiger partial charge in [-0.2, -0.15) is 0 Å². The first-order chi connectivity index (χ1) is 10.0. The van der Waals surface area contributed by atoms with Crippen molar-refractivity contribution < 1.29 is 13.6 Å². The van der Waals surface area contributed by atoms with E-state index in [4.69, 9.17) is 8.85 Å². The zero-order chi connectivity index (χ0) is 18.3. The topological polar surface area (TPSA) is 35.5 Å². The first-order valence-electron chi connectivity index (χ1n) is 8.81. The molecule has 0 aromatic carbocycles. The van der Waals surface area contributed by atoms with Gasteiger partial charge in [0.15, 0.2) is 16.6 Å². The van der Waals surface area contributed by atoms with Crippen molar-refractivity contribution in [1.82, 2.24) is 0 Å². The second-order valence-electron chi connectivity index (χ2n) is 10.5. The standard InChI is InChI=1S/C18H38O3Si2/c1-16(2,3)22(7,8)20-13-18(11-15(19)12-18)14-21-23(9,10)17(4,5)6/h11-14H2,1-10H3. The fraction of sp³-hybridized carbons (Fsp3) is 0.944. The summed E-state index contributed by atoms with van der Waals surface area (Å²) in [5.41, 5.74) is -0.0812. The van der Waals surface area contributed by atoms with Crippen molar-refractivity contribution in [2.75, 3.05) is 13.2 Å². The minimum absolute atomic E-state index is 0.0812. The maximum Gasteiger partial charge on any atom is 0.192 e. The molecule has 0 aromatic heterocycles. The quantitative estimate of drug-likeness (QED) is 0.598. The van der Waals surface area contributed by atoms with E-state index in [0.29, 0.717) is 31.8 Å². The van der Waals surface area contributed by atoms with Crippen LogP contribution in [-0.4, -0.2) is 35.6 Å². The van der Waals surface area contributed by atoms with E-state index in [2.05, 4.69) is 67.7 Å². The number of carbonyl (C=O) groups is 1. The van der Waals surface area contributed by atoms with Gasteiger partial charge in [0, 0.05) is 31.5 Å². The van der Waals surface area contributed by atoms with E-state index in [1.807, 2.05) is 0 Å². The predicted molar refractivity (Wildman–Crippen MR) is 103 cm³/mol. The lowest BCUT2D eigenvalue weighted by atomic mass is 9.69. The molecule has 3 nitrogen and oxygen atoms in total. The van der Waals surface area contributed by atoms with Gasteiger partial charge < -0.3 is 8.85 Å². The molecule has 0 spiro atoms. The van der Waals surface area contributed by atoms with Crippen molar-refractivity contribution in [2.45, 2.75) is 90.6 Å². The van der Waals surface area contributed by atoms with Gasteiger partial charge in [0.25, 0.3) is 0 Å². The fourth-order valence-corrected chi connectivity index (χ4v) is 4.33. The van der Waals surface area contributed by atoms with Gasteiger partial charge in [0.2, 0.25) is 0 Å². The third-order valence-corrected chi connectivity index (χ3v) is 15.2. The predicted octanol–water partition coefficient (Wildman–Crippen LogP) is 5.38. The third-order valence-electron chi connectivity index (χ3n) is 6.24. The Labute approximate surface area is 145 Å². The van der Waals surface area contributed by atoms with Crippen LogP contribution in [0.4, 0.5) is 0 Å². The number of hydrogen-bond donors (Lipinski definition) is 0. The molecule has 5 heteroatoms. The maximum absolute atomic E-state index is 11.7. The van der Waals surface area contributed by atoms with Crippen LogP contribution in [0.1, 0.15) is 54.4 Å². The number of rotatable bonds is 6. The summed E-state index contributed by atoms with van der Waals surface area (Å²) < 4.78 is 12.8. The average molecular weight is 359 g/mol. The molecule has 0 bridgehead atoms. The second-order valence-corrected chi connectivity index (χ2v) is 20.1. The van der Waals surface area contributed by atoms with Crippen LogP contribution in [0.5, 0.6) is 0 Å². The Balaban J connectivity index is 2.73. The van der Waals surface area contributed by atoms with Crippen molar-refractivity contribution in [3.05, 3.63) is 0 Å². The molecular formula is C18H38O3Si2. The van der Waals surface area contributed by atoms with Crippen LogP contribution in [-0.2, 0) is 13.6 Å². The summed E-state index contributed by atoms with van der Waals surface area (Å²) in [5.74, 6) is 0.350. The molecule has 0 radical (unpaired) electrons. The smallest absolute Gasteiger partial charge is 0.192 e. The Morgan fingerprint density at radius 1 is 0.826 bits per heavy atom. The number of Topliss-reactive ketones (excluding diaryl/α,β-unsaturated/α-hetero) is 1. The van der Waals surface area contributed by atoms with Gasteiger partial charge in [-0.1, -0.05) is 41.5 Å². The lowest BCUT2D eigenvalue weighted by Crippen LogP contribution is -2.52. The van der Waals surface area contributed by atoms with Gasteiger partial charge in [0.05, 0.1) is 0 Å². The molecule has 0 atom stereocenters. The minimum Gasteiger partial charge on any atom is -0.416 e. The molecule has 23 heavy (non-hydrogen) atoms. The van der Waals surface area contributed by atoms with Crippen LogP contribution in [0.3, 0.4) is 0 Å². The molecule has 1 fully saturated rings. The average Bonchev–Trinajstić information content (AvgIpc) is 2.28. The number of carbonyl (C=O) groups excluding carboxylic acids is 1. The highest BCUT2D eigenvalue weighted by atomic mass is 28.4. The molecule has 0 aromatic rings. The first kappa shape index (κ1) is 21.1. The summed E-state index contributed by atoms with van der Waals surface area (Å²) in [6.45, 7) is 24.0. The van der Waals surface area contributed by atoms with Gasteiger partial charge in [-0.05, 0) is 36.3 Å². The summed E-state index contributed by atoms with van der Waals surface area (Å²) in [6, 6.07) is 0. The van der Waals surface area contributed by atoms with Crippen LogP contribution in [0.25, 0.3) is 0 Å². The van der Waals surface area contributed by atoms with E-state index in [-0.39, 0.29) is 15.5 Å². The molecule has 0 heterocycles. The third kappa shape index (κ3) is 5.00. The van der Waals surface area contributed by atoms with Gasteiger partial charge >= 0.3 is 0 Å². The molecule has 0 saturated heterocycles. The Hall–Kier alpha value is 0.0238. The highest BCUT2D eigenvalue weighted by Crippen LogP contribution is 2.45. The molecule has 0 N–H and O–H groups in total. The van der Waals surface area contributed by atoms with Crippen molar-refractivity contribution >= 4 is 22.4 Å². The minimum atomic E-state index is -1.79. The van der Waals surface area contributed by atoms with E-state index in [0.717, 1.165) is 0 Å². The molecule has 136 valence electrons. The largest absolute Gasteiger partial charge is 0.416 e. The zero-order valence-electron chi connectivity index (χ0n) is 17.1. The van der Waals surface area contributed by atoms with Crippen LogP contribution in [0.2, 0.25) is 36.3 Å². The Morgan fingerprint density at radius 3 is 1.35 bits per heavy atom. The summed E-state index contributed by atoms with van der Waals surface area (Å²) >= 11 is 0. The summed E-state index contributed by atoms with van der Waals surface area (Å²) in [4.78, 5) is 11.7. The molecule has 1 saturated carbocycles. The van der Waals surface area contributed by atoms with Crippen LogP contribution >= 0.6 is 0 Å². The van der Waals surface area contributed by atoms with Gasteiger partial charge in [-0.25, -0.2) is 0 Å². The van der Waals surface area contributed by atoms with Crippen molar-refractivity contribution in [3.63, 3.8) is 0 Å². The van der Waals surface area contributed by atoms with Crippen molar-refractivity contribution in [2.24, 2.45) is 5.41 Å². The summed E-state index contributed by atoms with van der Waals surface area (Å²) in [5, 5.41) is 0.393. The Bertz CT molecular complexity index is 402. The Morgan fingerprint density at radius 2 is 1.13 bits per heavy atom. The lowest BCUT2D eigenvalue weighted by Gasteiger charge is -2.47. The molecule has 1 aliphatic rings. The van der Waals surface area contributed by atoms with E-state index in [1.54, 1.807) is 0 Å². The zero-order valence-corrected chi connectivity index (χ0v) is 19.1. The molecule has 1 rings (SSSR count). The first-order valence-corrected chi connectivity index (χ1v) is 14.6. The van der Waals surface area contributed by atoms with Crippen LogP contribution in [0, 0.1) is 5.41 Å². The van der Waals surface area contributed by atoms with Gasteiger partial charge in [-0.15, -0.1) is 0 Å². The van der Waals surface area contributed by atoms with Crippen LogP contribution < -0.4 is 0 Å². The monoisotopic (exact) mass is 358 g/mol. The summed E-state index contributed by atoms with van der Waals surface area (Å²) in [6.07, 6.45) is 1.24. The molecule has 0 amide bonds. The van der Waals surface area contributed by atoms with E-state index < -0.39 is 16.6 Å². The highest BCUT2D eigenvalue weighted by Gasteiger charge is 2.49. The lowest BCUT2D eigenvalue weighted by molar-refractivity contribution is -0.137. The van der Waals surface area contributed by atoms with E-state index in [9.17, 15) is 4.79 Å². The highest BCUT2D eigenvalue weighted by molar-refractivity contribution is 6.74. The number of hydrogen-bond acceptors (Lipinski definition) is 3. The molecule has 0 unspecified atom stereocenters. The van der Waals surface area contributed by atoms with Crippen molar-refractivity contribution in [3.8, 4) is 0 Å². The molecule has 1 aliphatic carbocycles. The number of ketones is 1. The van der Waals surface area contributed by atoms with Gasteiger partial charge in [-0.3, -0.25) is 4.79 Å². The Kier molecular flexibility index (Phi) is 5.86. The van der Waals surface area contributed by atoms with E-state index >= 15 is 0 Å². The molecule has 0 aliphatic heterocycles. The van der Waals surface area contributed by atoms with E-state index in [1.165, 1.54) is 0 Å². The van der Waals surface area contributed by atoms with Crippen molar-refractivity contribution in [1.29, 1.82) is 0 Å².